The van der Waals surface area contributed by atoms with Crippen LogP contribution in [-0.2, 0) is 11.2 Å². The minimum absolute atomic E-state index is 0. The van der Waals surface area contributed by atoms with Crippen LogP contribution in [0.4, 0.5) is 0 Å². The van der Waals surface area contributed by atoms with E-state index in [0.717, 1.165) is 24.9 Å². The Kier molecular flexibility index (Phi) is 7.03. The molecular weight excluding hydrogens is 332 g/mol. The lowest BCUT2D eigenvalue weighted by Crippen LogP contribution is -2.37. The van der Waals surface area contributed by atoms with E-state index in [1.54, 1.807) is 0 Å². The van der Waals surface area contributed by atoms with Crippen LogP contribution in [0.25, 0.3) is 0 Å². The molecule has 3 nitrogen and oxygen atoms in total. The Bertz CT molecular complexity index is 662. The number of halogens is 1. The maximum Gasteiger partial charge on any atom is 0.224 e. The van der Waals surface area contributed by atoms with Gasteiger partial charge in [0.1, 0.15) is 0 Å². The molecule has 1 heterocycles. The van der Waals surface area contributed by atoms with Crippen LogP contribution in [0.15, 0.2) is 60.7 Å². The molecular formula is C21H27ClN2O. The van der Waals surface area contributed by atoms with E-state index in [-0.39, 0.29) is 30.4 Å². The van der Waals surface area contributed by atoms with E-state index in [4.69, 9.17) is 5.73 Å². The average Bonchev–Trinajstić information content (AvgIpc) is 2.97. The number of carbonyl (C=O) groups is 1. The van der Waals surface area contributed by atoms with Crippen molar-refractivity contribution in [3.63, 3.8) is 0 Å². The van der Waals surface area contributed by atoms with Crippen molar-refractivity contribution >= 4 is 18.3 Å². The summed E-state index contributed by atoms with van der Waals surface area (Å²) in [7, 11) is 0. The SMILES string of the molecule is CC1C(Cc2ccccc2)CCN1C(=O)CC(N)c1ccccc1.Cl. The third-order valence-electron chi connectivity index (χ3n) is 5.20. The summed E-state index contributed by atoms with van der Waals surface area (Å²) in [5.41, 5.74) is 8.60. The predicted octanol–water partition coefficient (Wildman–Crippen LogP) is 3.98. The van der Waals surface area contributed by atoms with Gasteiger partial charge >= 0.3 is 0 Å². The summed E-state index contributed by atoms with van der Waals surface area (Å²) in [6, 6.07) is 20.5. The molecule has 1 fully saturated rings. The molecule has 3 atom stereocenters. The van der Waals surface area contributed by atoms with Crippen LogP contribution in [0.1, 0.15) is 36.9 Å². The number of likely N-dealkylation sites (tertiary alicyclic amines) is 1. The zero-order valence-electron chi connectivity index (χ0n) is 14.7. The van der Waals surface area contributed by atoms with Crippen LogP contribution in [-0.4, -0.2) is 23.4 Å². The summed E-state index contributed by atoms with van der Waals surface area (Å²) in [6.07, 6.45) is 2.49. The normalized spacial score (nSPS) is 20.8. The first kappa shape index (κ1) is 19.5. The highest BCUT2D eigenvalue weighted by molar-refractivity contribution is 5.85. The van der Waals surface area contributed by atoms with Crippen LogP contribution in [0.3, 0.4) is 0 Å². The molecule has 1 saturated heterocycles. The monoisotopic (exact) mass is 358 g/mol. The van der Waals surface area contributed by atoms with E-state index in [0.29, 0.717) is 12.3 Å². The molecule has 0 saturated carbocycles. The second kappa shape index (κ2) is 9.02. The first-order valence-electron chi connectivity index (χ1n) is 8.79. The fraction of sp³-hybridized carbons (Fsp3) is 0.381. The van der Waals surface area contributed by atoms with Crippen molar-refractivity contribution in [2.75, 3.05) is 6.54 Å². The van der Waals surface area contributed by atoms with Crippen LogP contribution in [0, 0.1) is 5.92 Å². The summed E-state index contributed by atoms with van der Waals surface area (Å²) in [5.74, 6) is 0.707. The van der Waals surface area contributed by atoms with Crippen molar-refractivity contribution in [1.82, 2.24) is 4.90 Å². The van der Waals surface area contributed by atoms with Gasteiger partial charge in [-0.2, -0.15) is 0 Å². The van der Waals surface area contributed by atoms with Gasteiger partial charge in [-0.25, -0.2) is 0 Å². The fourth-order valence-corrected chi connectivity index (χ4v) is 3.67. The highest BCUT2D eigenvalue weighted by Crippen LogP contribution is 2.29. The molecule has 3 unspecified atom stereocenters. The van der Waals surface area contributed by atoms with E-state index in [2.05, 4.69) is 31.2 Å². The van der Waals surface area contributed by atoms with Crippen LogP contribution in [0.5, 0.6) is 0 Å². The number of hydrogen-bond acceptors (Lipinski definition) is 2. The standard InChI is InChI=1S/C21H26N2O.ClH/c1-16-19(14-17-8-4-2-5-9-17)12-13-23(16)21(24)15-20(22)18-10-6-3-7-11-18;/h2-11,16,19-20H,12-15,22H2,1H3;1H. The number of benzene rings is 2. The Morgan fingerprint density at radius 2 is 1.72 bits per heavy atom. The van der Waals surface area contributed by atoms with Gasteiger partial charge in [-0.05, 0) is 36.8 Å². The lowest BCUT2D eigenvalue weighted by Gasteiger charge is -2.26. The topological polar surface area (TPSA) is 46.3 Å². The number of nitrogens with two attached hydrogens (primary N) is 1. The summed E-state index contributed by atoms with van der Waals surface area (Å²) in [6.45, 7) is 3.02. The van der Waals surface area contributed by atoms with Gasteiger partial charge in [0, 0.05) is 25.0 Å². The van der Waals surface area contributed by atoms with Crippen molar-refractivity contribution in [1.29, 1.82) is 0 Å². The average molecular weight is 359 g/mol. The predicted molar refractivity (Wildman–Crippen MR) is 105 cm³/mol. The summed E-state index contributed by atoms with van der Waals surface area (Å²) in [4.78, 5) is 14.7. The lowest BCUT2D eigenvalue weighted by molar-refractivity contribution is -0.132. The van der Waals surface area contributed by atoms with Gasteiger partial charge in [-0.3, -0.25) is 4.79 Å². The van der Waals surface area contributed by atoms with Crippen LogP contribution >= 0.6 is 12.4 Å². The zero-order chi connectivity index (χ0) is 16.9. The first-order chi connectivity index (χ1) is 11.6. The largest absolute Gasteiger partial charge is 0.340 e. The Labute approximate surface area is 156 Å². The number of nitrogens with zero attached hydrogens (tertiary/aromatic N) is 1. The molecule has 1 amide bonds. The minimum atomic E-state index is -0.223. The van der Waals surface area contributed by atoms with Gasteiger partial charge in [0.2, 0.25) is 5.91 Å². The third-order valence-corrected chi connectivity index (χ3v) is 5.20. The number of carbonyl (C=O) groups excluding carboxylic acids is 1. The number of hydrogen-bond donors (Lipinski definition) is 1. The van der Waals surface area contributed by atoms with Crippen molar-refractivity contribution in [3.05, 3.63) is 71.8 Å². The molecule has 1 aliphatic heterocycles. The van der Waals surface area contributed by atoms with E-state index in [1.807, 2.05) is 41.3 Å². The Balaban J connectivity index is 0.00000225. The Morgan fingerprint density at radius 3 is 2.36 bits per heavy atom. The van der Waals surface area contributed by atoms with Crippen molar-refractivity contribution in [3.8, 4) is 0 Å². The molecule has 0 spiro atoms. The Hall–Kier alpha value is -1.84. The van der Waals surface area contributed by atoms with Crippen molar-refractivity contribution < 1.29 is 4.79 Å². The van der Waals surface area contributed by atoms with Crippen molar-refractivity contribution in [2.45, 2.75) is 38.3 Å². The second-order valence-corrected chi connectivity index (χ2v) is 6.79. The molecule has 0 aromatic heterocycles. The lowest BCUT2D eigenvalue weighted by atomic mass is 9.93. The molecule has 25 heavy (non-hydrogen) atoms. The van der Waals surface area contributed by atoms with E-state index in [1.165, 1.54) is 5.56 Å². The Morgan fingerprint density at radius 1 is 1.12 bits per heavy atom. The summed E-state index contributed by atoms with van der Waals surface area (Å²) < 4.78 is 0. The maximum atomic E-state index is 12.7. The highest BCUT2D eigenvalue weighted by atomic mass is 35.5. The van der Waals surface area contributed by atoms with Crippen molar-refractivity contribution in [2.24, 2.45) is 11.7 Å². The van der Waals surface area contributed by atoms with Crippen LogP contribution in [0.2, 0.25) is 0 Å². The molecule has 4 heteroatoms. The van der Waals surface area contributed by atoms with Gasteiger partial charge in [-0.15, -0.1) is 12.4 Å². The molecule has 3 rings (SSSR count). The van der Waals surface area contributed by atoms with Gasteiger partial charge in [0.15, 0.2) is 0 Å². The zero-order valence-corrected chi connectivity index (χ0v) is 15.5. The van der Waals surface area contributed by atoms with E-state index < -0.39 is 0 Å². The third kappa shape index (κ3) is 4.83. The van der Waals surface area contributed by atoms with Gasteiger partial charge < -0.3 is 10.6 Å². The maximum absolute atomic E-state index is 12.7. The molecule has 134 valence electrons. The molecule has 2 aromatic carbocycles. The highest BCUT2D eigenvalue weighted by Gasteiger charge is 2.34. The second-order valence-electron chi connectivity index (χ2n) is 6.79. The smallest absolute Gasteiger partial charge is 0.224 e. The molecule has 0 bridgehead atoms. The molecule has 2 aromatic rings. The summed E-state index contributed by atoms with van der Waals surface area (Å²) in [5, 5.41) is 0. The quantitative estimate of drug-likeness (QED) is 0.878. The number of rotatable bonds is 5. The van der Waals surface area contributed by atoms with Gasteiger partial charge in [0.05, 0.1) is 0 Å². The molecule has 0 aliphatic carbocycles. The van der Waals surface area contributed by atoms with E-state index >= 15 is 0 Å². The fourth-order valence-electron chi connectivity index (χ4n) is 3.67. The van der Waals surface area contributed by atoms with Gasteiger partial charge in [0.25, 0.3) is 0 Å². The number of amides is 1. The molecule has 2 N–H and O–H groups in total. The molecule has 1 aliphatic rings. The first-order valence-corrected chi connectivity index (χ1v) is 8.79. The minimum Gasteiger partial charge on any atom is -0.340 e. The van der Waals surface area contributed by atoms with Crippen LogP contribution < -0.4 is 5.73 Å². The van der Waals surface area contributed by atoms with Gasteiger partial charge in [-0.1, -0.05) is 60.7 Å². The van der Waals surface area contributed by atoms with E-state index in [9.17, 15) is 4.79 Å². The summed E-state index contributed by atoms with van der Waals surface area (Å²) >= 11 is 0. The molecule has 0 radical (unpaired) electrons.